The number of fused-ring (bicyclic) bond motifs is 1. The molecule has 30 heavy (non-hydrogen) atoms. The van der Waals surface area contributed by atoms with Gasteiger partial charge in [0.1, 0.15) is 23.3 Å². The van der Waals surface area contributed by atoms with E-state index in [1.54, 1.807) is 36.4 Å². The summed E-state index contributed by atoms with van der Waals surface area (Å²) < 4.78 is 16.7. The van der Waals surface area contributed by atoms with Gasteiger partial charge in [0.15, 0.2) is 0 Å². The number of ether oxygens (including phenoxy) is 2. The number of rotatable bonds is 4. The maximum absolute atomic E-state index is 12.7. The van der Waals surface area contributed by atoms with Crippen molar-refractivity contribution >= 4 is 16.9 Å². The second-order valence-electron chi connectivity index (χ2n) is 7.19. The third-order valence-corrected chi connectivity index (χ3v) is 4.92. The van der Waals surface area contributed by atoms with E-state index in [4.69, 9.17) is 13.9 Å². The number of esters is 1. The fourth-order valence-electron chi connectivity index (χ4n) is 2.99. The van der Waals surface area contributed by atoms with Crippen molar-refractivity contribution in [1.82, 2.24) is 0 Å². The molecule has 0 atom stereocenters. The highest BCUT2D eigenvalue weighted by molar-refractivity contribution is 5.92. The van der Waals surface area contributed by atoms with E-state index >= 15 is 0 Å². The van der Waals surface area contributed by atoms with Crippen LogP contribution in [0.1, 0.15) is 27.0 Å². The summed E-state index contributed by atoms with van der Waals surface area (Å²) >= 11 is 0. The molecule has 0 N–H and O–H groups in total. The van der Waals surface area contributed by atoms with Gasteiger partial charge in [-0.25, -0.2) is 4.79 Å². The van der Waals surface area contributed by atoms with Crippen LogP contribution >= 0.6 is 0 Å². The smallest absolute Gasteiger partial charge is 0.343 e. The van der Waals surface area contributed by atoms with Gasteiger partial charge in [-0.3, -0.25) is 4.79 Å². The Morgan fingerprint density at radius 2 is 1.57 bits per heavy atom. The van der Waals surface area contributed by atoms with Crippen LogP contribution in [0.2, 0.25) is 0 Å². The summed E-state index contributed by atoms with van der Waals surface area (Å²) in [5, 5.41) is 0.339. The molecule has 5 nitrogen and oxygen atoms in total. The largest absolute Gasteiger partial charge is 0.460 e. The number of hydrogen-bond acceptors (Lipinski definition) is 5. The van der Waals surface area contributed by atoms with Crippen LogP contribution in [0.3, 0.4) is 0 Å². The van der Waals surface area contributed by atoms with Crippen LogP contribution in [0.4, 0.5) is 0 Å². The van der Waals surface area contributed by atoms with Gasteiger partial charge in [0.2, 0.25) is 11.2 Å². The fourth-order valence-corrected chi connectivity index (χ4v) is 2.99. The molecular formula is C25H20O5. The van der Waals surface area contributed by atoms with E-state index in [0.717, 1.165) is 16.7 Å². The molecule has 0 aliphatic carbocycles. The van der Waals surface area contributed by atoms with Crippen LogP contribution < -0.4 is 14.9 Å². The van der Waals surface area contributed by atoms with Gasteiger partial charge in [0, 0.05) is 6.07 Å². The zero-order chi connectivity index (χ0) is 21.3. The maximum atomic E-state index is 12.7. The summed E-state index contributed by atoms with van der Waals surface area (Å²) in [6, 6.07) is 17.4. The SMILES string of the molecule is Cc1ccc(Oc2coc3cc(OC(=O)c4ccc(C)c(C)c4)ccc3c2=O)cc1. The zero-order valence-electron chi connectivity index (χ0n) is 16.9. The third kappa shape index (κ3) is 3.96. The van der Waals surface area contributed by atoms with Gasteiger partial charge in [-0.2, -0.15) is 0 Å². The number of aryl methyl sites for hydroxylation is 3. The lowest BCUT2D eigenvalue weighted by molar-refractivity contribution is 0.0735. The standard InChI is InChI=1S/C25H20O5/c1-15-4-8-19(9-5-15)29-23-14-28-22-13-20(10-11-21(22)24(23)26)30-25(27)18-7-6-16(2)17(3)12-18/h4-14H,1-3H3. The molecule has 0 saturated carbocycles. The Labute approximate surface area is 173 Å². The zero-order valence-corrected chi connectivity index (χ0v) is 16.9. The molecule has 1 aromatic heterocycles. The molecule has 0 bridgehead atoms. The summed E-state index contributed by atoms with van der Waals surface area (Å²) in [7, 11) is 0. The van der Waals surface area contributed by atoms with Crippen LogP contribution in [0.15, 0.2) is 76.1 Å². The molecule has 1 heterocycles. The van der Waals surface area contributed by atoms with Crippen molar-refractivity contribution in [2.24, 2.45) is 0 Å². The predicted octanol–water partition coefficient (Wildman–Crippen LogP) is 5.73. The molecule has 5 heteroatoms. The van der Waals surface area contributed by atoms with Gasteiger partial charge >= 0.3 is 5.97 Å². The quantitative estimate of drug-likeness (QED) is 0.323. The van der Waals surface area contributed by atoms with Crippen molar-refractivity contribution < 1.29 is 18.7 Å². The van der Waals surface area contributed by atoms with Gasteiger partial charge in [-0.1, -0.05) is 23.8 Å². The molecule has 150 valence electrons. The Kier molecular flexibility index (Phi) is 5.11. The van der Waals surface area contributed by atoms with Gasteiger partial charge in [0.25, 0.3) is 0 Å². The first-order valence-electron chi connectivity index (χ1n) is 9.50. The van der Waals surface area contributed by atoms with Crippen LogP contribution in [-0.4, -0.2) is 5.97 Å². The van der Waals surface area contributed by atoms with E-state index in [-0.39, 0.29) is 11.2 Å². The second kappa shape index (κ2) is 7.87. The van der Waals surface area contributed by atoms with Crippen molar-refractivity contribution in [2.75, 3.05) is 0 Å². The number of hydrogen-bond donors (Lipinski definition) is 0. The highest BCUT2D eigenvalue weighted by atomic mass is 16.5. The predicted molar refractivity (Wildman–Crippen MR) is 115 cm³/mol. The van der Waals surface area contributed by atoms with E-state index in [9.17, 15) is 9.59 Å². The van der Waals surface area contributed by atoms with Crippen LogP contribution in [0, 0.1) is 20.8 Å². The minimum Gasteiger partial charge on any atom is -0.460 e. The van der Waals surface area contributed by atoms with Crippen molar-refractivity contribution in [1.29, 1.82) is 0 Å². The highest BCUT2D eigenvalue weighted by Gasteiger charge is 2.13. The molecule has 3 aromatic carbocycles. The summed E-state index contributed by atoms with van der Waals surface area (Å²) in [6.07, 6.45) is 1.26. The number of carbonyl (C=O) groups excluding carboxylic acids is 1. The third-order valence-electron chi connectivity index (χ3n) is 4.92. The average Bonchev–Trinajstić information content (AvgIpc) is 2.73. The lowest BCUT2D eigenvalue weighted by Gasteiger charge is -2.08. The molecule has 0 spiro atoms. The van der Waals surface area contributed by atoms with E-state index in [1.807, 2.05) is 39.0 Å². The van der Waals surface area contributed by atoms with Crippen LogP contribution in [0.25, 0.3) is 11.0 Å². The second-order valence-corrected chi connectivity index (χ2v) is 7.19. The molecule has 0 aliphatic heterocycles. The normalized spacial score (nSPS) is 10.8. The van der Waals surface area contributed by atoms with Crippen LogP contribution in [-0.2, 0) is 0 Å². The van der Waals surface area contributed by atoms with Crippen molar-refractivity contribution in [3.8, 4) is 17.2 Å². The fraction of sp³-hybridized carbons (Fsp3) is 0.120. The molecule has 0 aliphatic rings. The first kappa shape index (κ1) is 19.5. The minimum absolute atomic E-state index is 0.0891. The van der Waals surface area contributed by atoms with Gasteiger partial charge in [0.05, 0.1) is 10.9 Å². The molecule has 0 amide bonds. The first-order valence-corrected chi connectivity index (χ1v) is 9.50. The molecule has 0 saturated heterocycles. The van der Waals surface area contributed by atoms with Gasteiger partial charge in [-0.15, -0.1) is 0 Å². The average molecular weight is 400 g/mol. The lowest BCUT2D eigenvalue weighted by atomic mass is 10.1. The Bertz CT molecular complexity index is 1300. The Balaban J connectivity index is 1.58. The molecule has 4 rings (SSSR count). The summed E-state index contributed by atoms with van der Waals surface area (Å²) in [5.41, 5.74) is 3.67. The Morgan fingerprint density at radius 1 is 0.833 bits per heavy atom. The topological polar surface area (TPSA) is 65.7 Å². The van der Waals surface area contributed by atoms with Crippen molar-refractivity contribution in [3.63, 3.8) is 0 Å². The summed E-state index contributed by atoms with van der Waals surface area (Å²) in [4.78, 5) is 25.2. The molecular weight excluding hydrogens is 380 g/mol. The Hall–Kier alpha value is -3.86. The van der Waals surface area contributed by atoms with E-state index < -0.39 is 5.97 Å². The highest BCUT2D eigenvalue weighted by Crippen LogP contribution is 2.25. The minimum atomic E-state index is -0.473. The van der Waals surface area contributed by atoms with Crippen LogP contribution in [0.5, 0.6) is 17.2 Å². The molecule has 0 fully saturated rings. The van der Waals surface area contributed by atoms with Gasteiger partial charge < -0.3 is 13.9 Å². The number of carbonyl (C=O) groups is 1. The molecule has 0 radical (unpaired) electrons. The molecule has 0 unspecified atom stereocenters. The lowest BCUT2D eigenvalue weighted by Crippen LogP contribution is -2.09. The van der Waals surface area contributed by atoms with Crippen molar-refractivity contribution in [2.45, 2.75) is 20.8 Å². The summed E-state index contributed by atoms with van der Waals surface area (Å²) in [6.45, 7) is 5.89. The molecule has 4 aromatic rings. The first-order chi connectivity index (χ1) is 14.4. The van der Waals surface area contributed by atoms with E-state index in [1.165, 1.54) is 12.3 Å². The Morgan fingerprint density at radius 3 is 2.30 bits per heavy atom. The summed E-state index contributed by atoms with van der Waals surface area (Å²) in [5.74, 6) is 0.456. The number of benzene rings is 3. The maximum Gasteiger partial charge on any atom is 0.343 e. The monoisotopic (exact) mass is 400 g/mol. The van der Waals surface area contributed by atoms with E-state index in [2.05, 4.69) is 0 Å². The van der Waals surface area contributed by atoms with E-state index in [0.29, 0.717) is 28.0 Å². The van der Waals surface area contributed by atoms with Gasteiger partial charge in [-0.05, 0) is 68.3 Å². The van der Waals surface area contributed by atoms with Crippen molar-refractivity contribution in [3.05, 3.63) is 99.4 Å².